The van der Waals surface area contributed by atoms with Crippen molar-refractivity contribution in [2.24, 2.45) is 0 Å². The van der Waals surface area contributed by atoms with Crippen molar-refractivity contribution < 1.29 is 14.0 Å². The number of fused-ring (bicyclic) bond motifs is 1. The van der Waals surface area contributed by atoms with E-state index in [0.29, 0.717) is 29.9 Å². The summed E-state index contributed by atoms with van der Waals surface area (Å²) in [6, 6.07) is 13.1. The van der Waals surface area contributed by atoms with Crippen LogP contribution in [0.4, 0.5) is 15.9 Å². The molecular weight excluding hydrogens is 459 g/mol. The Hall–Kier alpha value is -3.59. The second-order valence-electron chi connectivity index (χ2n) is 9.65. The number of likely N-dealkylation sites (tertiary alicyclic amines) is 2. The molecule has 9 heteroatoms. The smallest absolute Gasteiger partial charge is 0.259 e. The molecule has 36 heavy (non-hydrogen) atoms. The van der Waals surface area contributed by atoms with Gasteiger partial charge in [0, 0.05) is 55.1 Å². The van der Waals surface area contributed by atoms with Gasteiger partial charge in [0.1, 0.15) is 12.0 Å². The number of anilines is 2. The Labute approximate surface area is 209 Å². The Morgan fingerprint density at radius 1 is 1.06 bits per heavy atom. The summed E-state index contributed by atoms with van der Waals surface area (Å²) in [5, 5.41) is 7.34. The Morgan fingerprint density at radius 2 is 1.86 bits per heavy atom. The largest absolute Gasteiger partial charge is 0.382 e. The molecule has 0 radical (unpaired) electrons. The Morgan fingerprint density at radius 3 is 2.58 bits per heavy atom. The van der Waals surface area contributed by atoms with E-state index in [9.17, 15) is 14.0 Å². The van der Waals surface area contributed by atoms with Gasteiger partial charge in [-0.25, -0.2) is 9.37 Å². The zero-order chi connectivity index (χ0) is 25.1. The predicted octanol–water partition coefficient (Wildman–Crippen LogP) is 3.72. The number of rotatable bonds is 6. The van der Waals surface area contributed by atoms with Crippen LogP contribution < -0.4 is 10.6 Å². The highest BCUT2D eigenvalue weighted by molar-refractivity contribution is 6.13. The number of nitrogens with zero attached hydrogens (tertiary/aromatic N) is 4. The van der Waals surface area contributed by atoms with Crippen LogP contribution in [0.1, 0.15) is 36.5 Å². The zero-order valence-electron chi connectivity index (χ0n) is 20.4. The molecule has 8 nitrogen and oxygen atoms in total. The summed E-state index contributed by atoms with van der Waals surface area (Å²) in [5.74, 6) is 0.252. The summed E-state index contributed by atoms with van der Waals surface area (Å²) >= 11 is 0. The second kappa shape index (κ2) is 10.6. The standard InChI is InChI=1S/C27H31FN6O2/c1-18-15-19(28)16-34(18)25(35)17-33-13-9-20(10-14-33)31-23-8-7-22(26-21(23)5-4-12-30-26)27(36)32-24-6-2-3-11-29-24/h2-8,11-12,18-20,31H,9-10,13-17H2,1H3,(H,29,32,36)/t18-,19+/m1/s1. The number of hydrogen-bond acceptors (Lipinski definition) is 6. The van der Waals surface area contributed by atoms with Crippen molar-refractivity contribution in [1.29, 1.82) is 0 Å². The van der Waals surface area contributed by atoms with Gasteiger partial charge in [-0.3, -0.25) is 19.5 Å². The van der Waals surface area contributed by atoms with Crippen molar-refractivity contribution in [2.75, 3.05) is 36.8 Å². The molecule has 5 rings (SSSR count). The lowest BCUT2D eigenvalue weighted by Crippen LogP contribution is -2.46. The minimum absolute atomic E-state index is 0.0192. The summed E-state index contributed by atoms with van der Waals surface area (Å²) in [6.07, 6.45) is 4.62. The highest BCUT2D eigenvalue weighted by atomic mass is 19.1. The number of alkyl halides is 1. The van der Waals surface area contributed by atoms with Gasteiger partial charge in [-0.1, -0.05) is 6.07 Å². The van der Waals surface area contributed by atoms with E-state index in [-0.39, 0.29) is 30.4 Å². The maximum atomic E-state index is 13.7. The van der Waals surface area contributed by atoms with E-state index in [1.165, 1.54) is 0 Å². The number of carbonyl (C=O) groups is 2. The molecule has 1 aromatic carbocycles. The molecule has 0 bridgehead atoms. The number of carbonyl (C=O) groups excluding carboxylic acids is 2. The van der Waals surface area contributed by atoms with Crippen LogP contribution in [-0.4, -0.2) is 76.0 Å². The van der Waals surface area contributed by atoms with Crippen molar-refractivity contribution in [1.82, 2.24) is 19.8 Å². The van der Waals surface area contributed by atoms with Crippen LogP contribution in [0.15, 0.2) is 54.9 Å². The van der Waals surface area contributed by atoms with Gasteiger partial charge < -0.3 is 15.5 Å². The van der Waals surface area contributed by atoms with E-state index in [4.69, 9.17) is 0 Å². The molecule has 2 fully saturated rings. The third kappa shape index (κ3) is 5.31. The molecule has 0 saturated carbocycles. The molecule has 2 amide bonds. The maximum Gasteiger partial charge on any atom is 0.259 e. The van der Waals surface area contributed by atoms with Crippen molar-refractivity contribution in [3.8, 4) is 0 Å². The first-order valence-corrected chi connectivity index (χ1v) is 12.5. The lowest BCUT2D eigenvalue weighted by Gasteiger charge is -2.34. The normalized spacial score (nSPS) is 21.0. The van der Waals surface area contributed by atoms with Gasteiger partial charge in [0.05, 0.1) is 24.2 Å². The number of nitrogens with one attached hydrogen (secondary N) is 2. The van der Waals surface area contributed by atoms with Gasteiger partial charge >= 0.3 is 0 Å². The van der Waals surface area contributed by atoms with Crippen molar-refractivity contribution in [3.05, 3.63) is 60.4 Å². The fourth-order valence-electron chi connectivity index (χ4n) is 5.15. The van der Waals surface area contributed by atoms with Crippen LogP contribution in [0.3, 0.4) is 0 Å². The molecule has 2 aromatic heterocycles. The maximum absolute atomic E-state index is 13.7. The Bertz CT molecular complexity index is 1230. The van der Waals surface area contributed by atoms with Crippen LogP contribution in [0.2, 0.25) is 0 Å². The molecular formula is C27H31FN6O2. The van der Waals surface area contributed by atoms with Crippen molar-refractivity contribution >= 4 is 34.2 Å². The number of piperidine rings is 1. The van der Waals surface area contributed by atoms with Gasteiger partial charge in [0.25, 0.3) is 5.91 Å². The minimum Gasteiger partial charge on any atom is -0.382 e. The van der Waals surface area contributed by atoms with Gasteiger partial charge in [-0.2, -0.15) is 0 Å². The molecule has 0 spiro atoms. The third-order valence-corrected chi connectivity index (χ3v) is 7.07. The molecule has 0 aliphatic carbocycles. The summed E-state index contributed by atoms with van der Waals surface area (Å²) in [5.41, 5.74) is 2.05. The molecule has 0 unspecified atom stereocenters. The highest BCUT2D eigenvalue weighted by Crippen LogP contribution is 2.28. The summed E-state index contributed by atoms with van der Waals surface area (Å²) < 4.78 is 13.7. The van der Waals surface area contributed by atoms with Crippen LogP contribution in [-0.2, 0) is 4.79 Å². The van der Waals surface area contributed by atoms with Crippen LogP contribution in [0.25, 0.3) is 10.9 Å². The number of benzene rings is 1. The number of amides is 2. The molecule has 3 aromatic rings. The summed E-state index contributed by atoms with van der Waals surface area (Å²) in [6.45, 7) is 4.07. The number of aromatic nitrogens is 2. The van der Waals surface area contributed by atoms with Gasteiger partial charge in [-0.15, -0.1) is 0 Å². The lowest BCUT2D eigenvalue weighted by atomic mass is 10.0. The Kier molecular flexibility index (Phi) is 7.09. The van der Waals surface area contributed by atoms with E-state index >= 15 is 0 Å². The van der Waals surface area contributed by atoms with Gasteiger partial charge in [0.15, 0.2) is 0 Å². The highest BCUT2D eigenvalue weighted by Gasteiger charge is 2.33. The van der Waals surface area contributed by atoms with Crippen molar-refractivity contribution in [2.45, 2.75) is 44.4 Å². The molecule has 2 N–H and O–H groups in total. The summed E-state index contributed by atoms with van der Waals surface area (Å²) in [7, 11) is 0. The molecule has 2 aliphatic rings. The first-order valence-electron chi connectivity index (χ1n) is 12.5. The number of hydrogen-bond donors (Lipinski definition) is 2. The fraction of sp³-hybridized carbons (Fsp3) is 0.407. The monoisotopic (exact) mass is 490 g/mol. The second-order valence-corrected chi connectivity index (χ2v) is 9.65. The third-order valence-electron chi connectivity index (χ3n) is 7.07. The average molecular weight is 491 g/mol. The zero-order valence-corrected chi connectivity index (χ0v) is 20.4. The molecule has 4 heterocycles. The van der Waals surface area contributed by atoms with Gasteiger partial charge in [-0.05, 0) is 56.2 Å². The minimum atomic E-state index is -0.907. The lowest BCUT2D eigenvalue weighted by molar-refractivity contribution is -0.133. The van der Waals surface area contributed by atoms with Gasteiger partial charge in [0.2, 0.25) is 5.91 Å². The first kappa shape index (κ1) is 24.1. The topological polar surface area (TPSA) is 90.5 Å². The molecule has 2 saturated heterocycles. The molecule has 2 atom stereocenters. The van der Waals surface area contributed by atoms with Crippen LogP contribution >= 0.6 is 0 Å². The van der Waals surface area contributed by atoms with E-state index < -0.39 is 6.17 Å². The number of pyridine rings is 2. The fourth-order valence-corrected chi connectivity index (χ4v) is 5.15. The summed E-state index contributed by atoms with van der Waals surface area (Å²) in [4.78, 5) is 38.1. The SMILES string of the molecule is C[C@@H]1C[C@H](F)CN1C(=O)CN1CCC(Nc2ccc(C(=O)Nc3ccccn3)c3ncccc23)CC1. The van der Waals surface area contributed by atoms with Crippen molar-refractivity contribution in [3.63, 3.8) is 0 Å². The van der Waals surface area contributed by atoms with Crippen LogP contribution in [0.5, 0.6) is 0 Å². The Balaban J connectivity index is 1.22. The van der Waals surface area contributed by atoms with E-state index in [0.717, 1.165) is 37.0 Å². The molecule has 188 valence electrons. The average Bonchev–Trinajstić information content (AvgIpc) is 3.23. The van der Waals surface area contributed by atoms with Crippen LogP contribution in [0, 0.1) is 0 Å². The quantitative estimate of drug-likeness (QED) is 0.548. The predicted molar refractivity (Wildman–Crippen MR) is 138 cm³/mol. The first-order chi connectivity index (χ1) is 17.5. The van der Waals surface area contributed by atoms with E-state index in [1.54, 1.807) is 35.5 Å². The number of halogens is 1. The van der Waals surface area contributed by atoms with E-state index in [2.05, 4.69) is 25.5 Å². The molecule has 2 aliphatic heterocycles. The van der Waals surface area contributed by atoms with E-state index in [1.807, 2.05) is 31.2 Å².